The van der Waals surface area contributed by atoms with Gasteiger partial charge in [-0.3, -0.25) is 4.79 Å². The van der Waals surface area contributed by atoms with Gasteiger partial charge in [0.2, 0.25) is 0 Å². The lowest BCUT2D eigenvalue weighted by Gasteiger charge is -2.35. The fourth-order valence-corrected chi connectivity index (χ4v) is 3.73. The van der Waals surface area contributed by atoms with Gasteiger partial charge in [0, 0.05) is 53.8 Å². The third kappa shape index (κ3) is 4.00. The lowest BCUT2D eigenvalue weighted by molar-refractivity contribution is -0.153. The highest BCUT2D eigenvalue weighted by Gasteiger charge is 2.32. The molecule has 1 saturated heterocycles. The fraction of sp³-hybridized carbons (Fsp3) is 0.350. The number of likely N-dealkylation sites (N-methyl/N-ethyl adjacent to an activating group) is 1. The normalized spacial score (nSPS) is 17.8. The van der Waals surface area contributed by atoms with E-state index in [-0.39, 0.29) is 5.91 Å². The Bertz CT molecular complexity index is 813. The third-order valence-electron chi connectivity index (χ3n) is 4.91. The number of hydrogen-bond donors (Lipinski definition) is 0. The van der Waals surface area contributed by atoms with Crippen molar-refractivity contribution in [1.29, 1.82) is 0 Å². The highest BCUT2D eigenvalue weighted by molar-refractivity contribution is 6.31. The number of amides is 1. The Kier molecular flexibility index (Phi) is 5.17. The Labute approximate surface area is 168 Å². The standard InChI is InChI=1S/C20H20Cl2N2O3/c1-23-6-8-24(9-7-23)19(25)20-26-17-4-2-15(21)11-13(17)10-14-12-16(22)3-5-18(14)27-20/h2-5,11-12,20H,6-10H2,1H3. The van der Waals surface area contributed by atoms with Gasteiger partial charge >= 0.3 is 12.2 Å². The monoisotopic (exact) mass is 406 g/mol. The summed E-state index contributed by atoms with van der Waals surface area (Å²) in [7, 11) is 2.05. The highest BCUT2D eigenvalue weighted by atomic mass is 35.5. The summed E-state index contributed by atoms with van der Waals surface area (Å²) in [5.74, 6) is 1.02. The van der Waals surface area contributed by atoms with Crippen LogP contribution in [0, 0.1) is 0 Å². The Balaban J connectivity index is 1.69. The largest absolute Gasteiger partial charge is 0.446 e. The zero-order valence-electron chi connectivity index (χ0n) is 15.0. The Hall–Kier alpha value is -1.95. The predicted molar refractivity (Wildman–Crippen MR) is 105 cm³/mol. The molecule has 1 amide bonds. The minimum absolute atomic E-state index is 0.174. The van der Waals surface area contributed by atoms with Crippen LogP contribution in [0.25, 0.3) is 0 Å². The van der Waals surface area contributed by atoms with Crippen molar-refractivity contribution >= 4 is 29.1 Å². The topological polar surface area (TPSA) is 42.0 Å². The Morgan fingerprint density at radius 3 is 1.96 bits per heavy atom. The van der Waals surface area contributed by atoms with Gasteiger partial charge in [0.25, 0.3) is 0 Å². The van der Waals surface area contributed by atoms with Gasteiger partial charge in [-0.15, -0.1) is 0 Å². The molecular weight excluding hydrogens is 387 g/mol. The van der Waals surface area contributed by atoms with Gasteiger partial charge in [-0.25, -0.2) is 0 Å². The van der Waals surface area contributed by atoms with Crippen LogP contribution in [-0.4, -0.2) is 55.2 Å². The van der Waals surface area contributed by atoms with Crippen molar-refractivity contribution in [3.63, 3.8) is 0 Å². The number of carbonyl (C=O) groups excluding carboxylic acids is 1. The number of halogens is 2. The Morgan fingerprint density at radius 1 is 0.926 bits per heavy atom. The van der Waals surface area contributed by atoms with Crippen LogP contribution in [0.3, 0.4) is 0 Å². The molecule has 27 heavy (non-hydrogen) atoms. The zero-order valence-corrected chi connectivity index (χ0v) is 16.5. The number of benzene rings is 2. The number of hydrogen-bond acceptors (Lipinski definition) is 4. The molecule has 2 aliphatic rings. The summed E-state index contributed by atoms with van der Waals surface area (Å²) in [5, 5.41) is 1.23. The molecule has 0 aliphatic carbocycles. The molecule has 142 valence electrons. The molecule has 7 heteroatoms. The second-order valence-electron chi connectivity index (χ2n) is 6.88. The molecule has 2 aliphatic heterocycles. The first-order valence-electron chi connectivity index (χ1n) is 8.87. The second kappa shape index (κ2) is 7.58. The SMILES string of the molecule is CN1CCN(C(=O)C2Oc3ccc(Cl)cc3Cc3cc(Cl)ccc3O2)CC1. The minimum atomic E-state index is -1.05. The molecule has 0 N–H and O–H groups in total. The van der Waals surface area contributed by atoms with E-state index in [1.54, 1.807) is 29.2 Å². The first-order valence-corrected chi connectivity index (χ1v) is 9.63. The van der Waals surface area contributed by atoms with E-state index in [2.05, 4.69) is 4.90 Å². The predicted octanol–water partition coefficient (Wildman–Crippen LogP) is 3.46. The van der Waals surface area contributed by atoms with Crippen molar-refractivity contribution in [3.05, 3.63) is 57.6 Å². The summed E-state index contributed by atoms with van der Waals surface area (Å²) in [6, 6.07) is 10.8. The van der Waals surface area contributed by atoms with Crippen molar-refractivity contribution in [2.45, 2.75) is 12.7 Å². The van der Waals surface area contributed by atoms with Gasteiger partial charge in [0.1, 0.15) is 11.5 Å². The molecule has 0 aromatic heterocycles. The molecule has 0 bridgehead atoms. The molecular formula is C20H20Cl2N2O3. The molecule has 2 aromatic rings. The first kappa shape index (κ1) is 18.4. The fourth-order valence-electron chi connectivity index (χ4n) is 3.34. The maximum atomic E-state index is 13.1. The van der Waals surface area contributed by atoms with Gasteiger partial charge in [0.15, 0.2) is 0 Å². The van der Waals surface area contributed by atoms with E-state index in [4.69, 9.17) is 32.7 Å². The van der Waals surface area contributed by atoms with Gasteiger partial charge in [-0.2, -0.15) is 0 Å². The summed E-state index contributed by atoms with van der Waals surface area (Å²) >= 11 is 12.3. The van der Waals surface area contributed by atoms with Crippen LogP contribution in [0.1, 0.15) is 11.1 Å². The first-order chi connectivity index (χ1) is 13.0. The van der Waals surface area contributed by atoms with Crippen LogP contribution in [-0.2, 0) is 11.2 Å². The van der Waals surface area contributed by atoms with Crippen LogP contribution in [0.2, 0.25) is 10.0 Å². The van der Waals surface area contributed by atoms with Crippen LogP contribution >= 0.6 is 23.2 Å². The molecule has 4 rings (SSSR count). The lowest BCUT2D eigenvalue weighted by atomic mass is 10.0. The number of rotatable bonds is 1. The number of nitrogens with zero attached hydrogens (tertiary/aromatic N) is 2. The molecule has 0 atom stereocenters. The van der Waals surface area contributed by atoms with Gasteiger partial charge < -0.3 is 19.3 Å². The summed E-state index contributed by atoms with van der Waals surface area (Å²) in [4.78, 5) is 17.1. The molecule has 1 fully saturated rings. The third-order valence-corrected chi connectivity index (χ3v) is 5.38. The maximum Gasteiger partial charge on any atom is 0.321 e. The summed E-state index contributed by atoms with van der Waals surface area (Å²) in [5.41, 5.74) is 1.79. The number of ether oxygens (including phenoxy) is 2. The zero-order chi connectivity index (χ0) is 19.0. The van der Waals surface area contributed by atoms with E-state index in [9.17, 15) is 4.79 Å². The minimum Gasteiger partial charge on any atom is -0.446 e. The van der Waals surface area contributed by atoms with E-state index in [0.717, 1.165) is 24.2 Å². The lowest BCUT2D eigenvalue weighted by Crippen LogP contribution is -2.53. The average molecular weight is 407 g/mol. The van der Waals surface area contributed by atoms with Gasteiger partial charge in [-0.1, -0.05) is 23.2 Å². The van der Waals surface area contributed by atoms with E-state index in [0.29, 0.717) is 41.1 Å². The number of carbonyl (C=O) groups is 1. The smallest absolute Gasteiger partial charge is 0.321 e. The summed E-state index contributed by atoms with van der Waals surface area (Å²) in [6.07, 6.45) is -0.491. The van der Waals surface area contributed by atoms with Crippen LogP contribution in [0.15, 0.2) is 36.4 Å². The van der Waals surface area contributed by atoms with Crippen molar-refractivity contribution in [3.8, 4) is 11.5 Å². The summed E-state index contributed by atoms with van der Waals surface area (Å²) < 4.78 is 12.0. The van der Waals surface area contributed by atoms with Crippen LogP contribution in [0.5, 0.6) is 11.5 Å². The van der Waals surface area contributed by atoms with Crippen LogP contribution < -0.4 is 9.47 Å². The molecule has 2 aromatic carbocycles. The van der Waals surface area contributed by atoms with Crippen molar-refractivity contribution < 1.29 is 14.3 Å². The van der Waals surface area contributed by atoms with Crippen LogP contribution in [0.4, 0.5) is 0 Å². The Morgan fingerprint density at radius 2 is 1.44 bits per heavy atom. The molecule has 0 spiro atoms. The molecule has 0 saturated carbocycles. The van der Waals surface area contributed by atoms with Crippen molar-refractivity contribution in [1.82, 2.24) is 9.80 Å². The molecule has 5 nitrogen and oxygen atoms in total. The van der Waals surface area contributed by atoms with Crippen molar-refractivity contribution in [2.24, 2.45) is 0 Å². The van der Waals surface area contributed by atoms with Crippen molar-refractivity contribution in [2.75, 3.05) is 33.2 Å². The van der Waals surface area contributed by atoms with E-state index in [1.807, 2.05) is 19.2 Å². The number of fused-ring (bicyclic) bond motifs is 2. The second-order valence-corrected chi connectivity index (χ2v) is 7.75. The van der Waals surface area contributed by atoms with E-state index >= 15 is 0 Å². The number of piperazine rings is 1. The quantitative estimate of drug-likeness (QED) is 0.726. The molecule has 2 heterocycles. The highest BCUT2D eigenvalue weighted by Crippen LogP contribution is 2.34. The molecule has 0 unspecified atom stereocenters. The van der Waals surface area contributed by atoms with Gasteiger partial charge in [-0.05, 0) is 43.4 Å². The van der Waals surface area contributed by atoms with E-state index in [1.165, 1.54) is 0 Å². The maximum absolute atomic E-state index is 13.1. The van der Waals surface area contributed by atoms with Gasteiger partial charge in [0.05, 0.1) is 0 Å². The summed E-state index contributed by atoms with van der Waals surface area (Å²) in [6.45, 7) is 2.96. The molecule has 0 radical (unpaired) electrons. The van der Waals surface area contributed by atoms with E-state index < -0.39 is 6.29 Å². The average Bonchev–Trinajstić information content (AvgIpc) is 2.63.